The van der Waals surface area contributed by atoms with E-state index in [9.17, 15) is 0 Å². The van der Waals surface area contributed by atoms with Crippen LogP contribution >= 0.6 is 0 Å². The van der Waals surface area contributed by atoms with Crippen molar-refractivity contribution in [3.05, 3.63) is 29.8 Å². The first-order valence-corrected chi connectivity index (χ1v) is 7.59. The van der Waals surface area contributed by atoms with Crippen molar-refractivity contribution in [3.63, 3.8) is 0 Å². The second-order valence-electron chi connectivity index (χ2n) is 5.52. The fourth-order valence-electron chi connectivity index (χ4n) is 2.33. The second-order valence-corrected chi connectivity index (χ2v) is 5.52. The summed E-state index contributed by atoms with van der Waals surface area (Å²) < 4.78 is 5.76. The molecular weight excluding hydrogens is 234 g/mol. The van der Waals surface area contributed by atoms with E-state index in [0.29, 0.717) is 12.1 Å². The highest BCUT2D eigenvalue weighted by molar-refractivity contribution is 5.30. The summed E-state index contributed by atoms with van der Waals surface area (Å²) in [4.78, 5) is 0. The molecule has 0 aromatic heterocycles. The van der Waals surface area contributed by atoms with Gasteiger partial charge in [0.05, 0.1) is 6.10 Å². The number of ether oxygens (including phenoxy) is 1. The lowest BCUT2D eigenvalue weighted by atomic mass is 10.0. The first kappa shape index (κ1) is 16.0. The first-order valence-electron chi connectivity index (χ1n) is 7.59. The van der Waals surface area contributed by atoms with Crippen molar-refractivity contribution in [2.75, 3.05) is 0 Å². The summed E-state index contributed by atoms with van der Waals surface area (Å²) in [5.74, 6) is 0.963. The molecule has 1 N–H and O–H groups in total. The minimum Gasteiger partial charge on any atom is -0.491 e. The van der Waals surface area contributed by atoms with Gasteiger partial charge >= 0.3 is 0 Å². The van der Waals surface area contributed by atoms with E-state index in [1.165, 1.54) is 24.8 Å². The van der Waals surface area contributed by atoms with Crippen LogP contribution < -0.4 is 10.1 Å². The third-order valence-electron chi connectivity index (χ3n) is 3.35. The largest absolute Gasteiger partial charge is 0.491 e. The van der Waals surface area contributed by atoms with Gasteiger partial charge in [-0.1, -0.05) is 32.4 Å². The second kappa shape index (κ2) is 8.21. The van der Waals surface area contributed by atoms with E-state index in [1.807, 2.05) is 6.07 Å². The molecular formula is C17H29NO. The molecule has 0 fully saturated rings. The topological polar surface area (TPSA) is 21.3 Å². The lowest BCUT2D eigenvalue weighted by molar-refractivity contribution is 0.242. The van der Waals surface area contributed by atoms with Gasteiger partial charge < -0.3 is 10.1 Å². The molecule has 0 amide bonds. The summed E-state index contributed by atoms with van der Waals surface area (Å²) in [6.07, 6.45) is 3.87. The van der Waals surface area contributed by atoms with Crippen molar-refractivity contribution in [3.8, 4) is 5.75 Å². The molecule has 1 rings (SSSR count). The third-order valence-corrected chi connectivity index (χ3v) is 3.35. The average molecular weight is 263 g/mol. The van der Waals surface area contributed by atoms with Crippen LogP contribution in [0.2, 0.25) is 0 Å². The highest BCUT2D eigenvalue weighted by Crippen LogP contribution is 2.21. The van der Waals surface area contributed by atoms with Crippen LogP contribution in [-0.4, -0.2) is 12.1 Å². The summed E-state index contributed by atoms with van der Waals surface area (Å²) in [7, 11) is 0. The smallest absolute Gasteiger partial charge is 0.120 e. The first-order chi connectivity index (χ1) is 9.06. The quantitative estimate of drug-likeness (QED) is 0.734. The summed E-state index contributed by atoms with van der Waals surface area (Å²) in [5, 5.41) is 3.71. The van der Waals surface area contributed by atoms with E-state index in [2.05, 4.69) is 58.1 Å². The van der Waals surface area contributed by atoms with Crippen molar-refractivity contribution in [2.45, 2.75) is 72.1 Å². The SMILES string of the molecule is CCCC(CC)NC(C)c1cccc(OC(C)C)c1. The van der Waals surface area contributed by atoms with Crippen LogP contribution in [0.5, 0.6) is 5.75 Å². The molecule has 0 saturated heterocycles. The van der Waals surface area contributed by atoms with Crippen molar-refractivity contribution >= 4 is 0 Å². The molecule has 1 aromatic rings. The van der Waals surface area contributed by atoms with Gasteiger partial charge in [0.2, 0.25) is 0 Å². The van der Waals surface area contributed by atoms with Crippen LogP contribution in [0.15, 0.2) is 24.3 Å². The van der Waals surface area contributed by atoms with Gasteiger partial charge in [0.1, 0.15) is 5.75 Å². The fourth-order valence-corrected chi connectivity index (χ4v) is 2.33. The number of hydrogen-bond donors (Lipinski definition) is 1. The van der Waals surface area contributed by atoms with Gasteiger partial charge in [0, 0.05) is 12.1 Å². The van der Waals surface area contributed by atoms with E-state index in [-0.39, 0.29) is 6.10 Å². The van der Waals surface area contributed by atoms with E-state index in [1.54, 1.807) is 0 Å². The van der Waals surface area contributed by atoms with Gasteiger partial charge in [-0.3, -0.25) is 0 Å². The van der Waals surface area contributed by atoms with Crippen molar-refractivity contribution in [1.82, 2.24) is 5.32 Å². The molecule has 0 spiro atoms. The highest BCUT2D eigenvalue weighted by Gasteiger charge is 2.11. The van der Waals surface area contributed by atoms with Crippen molar-refractivity contribution < 1.29 is 4.74 Å². The maximum atomic E-state index is 5.76. The van der Waals surface area contributed by atoms with Gasteiger partial charge in [-0.2, -0.15) is 0 Å². The zero-order chi connectivity index (χ0) is 14.3. The van der Waals surface area contributed by atoms with Gasteiger partial charge in [0.25, 0.3) is 0 Å². The molecule has 1 aromatic carbocycles. The van der Waals surface area contributed by atoms with Crippen molar-refractivity contribution in [1.29, 1.82) is 0 Å². The molecule has 0 aliphatic rings. The summed E-state index contributed by atoms with van der Waals surface area (Å²) in [6.45, 7) is 10.8. The monoisotopic (exact) mass is 263 g/mol. The normalized spacial score (nSPS) is 14.4. The van der Waals surface area contributed by atoms with E-state index >= 15 is 0 Å². The Morgan fingerprint density at radius 3 is 2.47 bits per heavy atom. The summed E-state index contributed by atoms with van der Waals surface area (Å²) in [5.41, 5.74) is 1.30. The Kier molecular flexibility index (Phi) is 6.93. The van der Waals surface area contributed by atoms with E-state index in [0.717, 1.165) is 5.75 Å². The van der Waals surface area contributed by atoms with Crippen LogP contribution in [0.4, 0.5) is 0 Å². The Labute approximate surface area is 118 Å². The maximum absolute atomic E-state index is 5.76. The molecule has 0 saturated carbocycles. The lowest BCUT2D eigenvalue weighted by Gasteiger charge is -2.23. The Hall–Kier alpha value is -1.02. The zero-order valence-corrected chi connectivity index (χ0v) is 13.1. The molecule has 2 unspecified atom stereocenters. The molecule has 2 atom stereocenters. The Bertz CT molecular complexity index is 362. The molecule has 2 heteroatoms. The molecule has 19 heavy (non-hydrogen) atoms. The number of nitrogens with one attached hydrogen (secondary N) is 1. The van der Waals surface area contributed by atoms with Crippen LogP contribution in [0.25, 0.3) is 0 Å². The minimum atomic E-state index is 0.224. The summed E-state index contributed by atoms with van der Waals surface area (Å²) in [6, 6.07) is 9.40. The number of benzene rings is 1. The average Bonchev–Trinajstić information content (AvgIpc) is 2.37. The molecule has 2 nitrogen and oxygen atoms in total. The fraction of sp³-hybridized carbons (Fsp3) is 0.647. The zero-order valence-electron chi connectivity index (χ0n) is 13.1. The van der Waals surface area contributed by atoms with Gasteiger partial charge in [-0.05, 0) is 51.3 Å². The van der Waals surface area contributed by atoms with Crippen LogP contribution in [-0.2, 0) is 0 Å². The Morgan fingerprint density at radius 1 is 1.16 bits per heavy atom. The van der Waals surface area contributed by atoms with Gasteiger partial charge in [-0.15, -0.1) is 0 Å². The van der Waals surface area contributed by atoms with Crippen LogP contribution in [0, 0.1) is 0 Å². The molecule has 0 aliphatic heterocycles. The maximum Gasteiger partial charge on any atom is 0.120 e. The summed E-state index contributed by atoms with van der Waals surface area (Å²) >= 11 is 0. The van der Waals surface area contributed by atoms with E-state index < -0.39 is 0 Å². The minimum absolute atomic E-state index is 0.224. The Balaban J connectivity index is 2.67. The Morgan fingerprint density at radius 2 is 1.89 bits per heavy atom. The van der Waals surface area contributed by atoms with E-state index in [4.69, 9.17) is 4.74 Å². The predicted octanol–water partition coefficient (Wildman–Crippen LogP) is 4.70. The van der Waals surface area contributed by atoms with Crippen molar-refractivity contribution in [2.24, 2.45) is 0 Å². The van der Waals surface area contributed by atoms with Gasteiger partial charge in [-0.25, -0.2) is 0 Å². The molecule has 0 heterocycles. The molecule has 0 aliphatic carbocycles. The standard InChI is InChI=1S/C17H29NO/c1-6-9-16(7-2)18-14(5)15-10-8-11-17(12-15)19-13(3)4/h8,10-14,16,18H,6-7,9H2,1-5H3. The van der Waals surface area contributed by atoms with Gasteiger partial charge in [0.15, 0.2) is 0 Å². The predicted molar refractivity (Wildman–Crippen MR) is 82.7 cm³/mol. The van der Waals surface area contributed by atoms with Crippen LogP contribution in [0.3, 0.4) is 0 Å². The molecule has 108 valence electrons. The third kappa shape index (κ3) is 5.65. The number of hydrogen-bond acceptors (Lipinski definition) is 2. The molecule has 0 radical (unpaired) electrons. The van der Waals surface area contributed by atoms with Crippen LogP contribution in [0.1, 0.15) is 65.5 Å². The highest BCUT2D eigenvalue weighted by atomic mass is 16.5. The number of rotatable bonds is 8. The molecule has 0 bridgehead atoms. The lowest BCUT2D eigenvalue weighted by Crippen LogP contribution is -2.30.